The maximum absolute atomic E-state index is 13.4. The maximum Gasteiger partial charge on any atom is 0.257 e. The summed E-state index contributed by atoms with van der Waals surface area (Å²) < 4.78 is 31.6. The number of hydrogen-bond acceptors (Lipinski definition) is 3. The molecule has 0 aliphatic carbocycles. The zero-order valence-electron chi connectivity index (χ0n) is 11.9. The topological polar surface area (TPSA) is 53.7 Å². The van der Waals surface area contributed by atoms with Crippen LogP contribution in [-0.4, -0.2) is 28.6 Å². The van der Waals surface area contributed by atoms with E-state index in [0.717, 1.165) is 12.1 Å². The largest absolute Gasteiger partial charge is 0.469 e. The minimum absolute atomic E-state index is 0.146. The van der Waals surface area contributed by atoms with Gasteiger partial charge in [0.1, 0.15) is 5.76 Å². The molecule has 2 heterocycles. The van der Waals surface area contributed by atoms with Crippen LogP contribution in [0.25, 0.3) is 0 Å². The molecular formula is C16H15F2NO3. The first-order valence-corrected chi connectivity index (χ1v) is 6.95. The Morgan fingerprint density at radius 1 is 1.32 bits per heavy atom. The molecule has 2 unspecified atom stereocenters. The fourth-order valence-electron chi connectivity index (χ4n) is 2.84. The van der Waals surface area contributed by atoms with Gasteiger partial charge in [-0.05, 0) is 37.1 Å². The van der Waals surface area contributed by atoms with Gasteiger partial charge in [0, 0.05) is 6.54 Å². The van der Waals surface area contributed by atoms with Crippen LogP contribution >= 0.6 is 0 Å². The molecule has 3 rings (SSSR count). The van der Waals surface area contributed by atoms with E-state index in [1.165, 1.54) is 17.2 Å². The number of amides is 1. The Balaban J connectivity index is 1.94. The summed E-state index contributed by atoms with van der Waals surface area (Å²) in [5, 5.41) is 9.89. The van der Waals surface area contributed by atoms with Gasteiger partial charge in [-0.15, -0.1) is 0 Å². The van der Waals surface area contributed by atoms with Crippen molar-refractivity contribution in [2.75, 3.05) is 6.54 Å². The number of aliphatic hydroxyl groups is 1. The molecule has 1 amide bonds. The van der Waals surface area contributed by atoms with Crippen LogP contribution in [-0.2, 0) is 0 Å². The smallest absolute Gasteiger partial charge is 0.257 e. The number of aryl methyl sites for hydroxylation is 1. The number of halogens is 2. The van der Waals surface area contributed by atoms with Crippen LogP contribution < -0.4 is 0 Å². The van der Waals surface area contributed by atoms with E-state index >= 15 is 0 Å². The standard InChI is InChI=1S/C16H15F2NO3/c1-9-12(4-5-22-9)16(21)19-8-11(20)7-15(19)10-2-3-13(17)14(18)6-10/h2-6,11,15,20H,7-8H2,1H3. The lowest BCUT2D eigenvalue weighted by atomic mass is 10.0. The van der Waals surface area contributed by atoms with Crippen molar-refractivity contribution in [3.05, 3.63) is 59.1 Å². The number of benzene rings is 1. The third-order valence-corrected chi connectivity index (χ3v) is 3.96. The molecule has 0 radical (unpaired) electrons. The molecule has 4 nitrogen and oxygen atoms in total. The van der Waals surface area contributed by atoms with Gasteiger partial charge in [0.15, 0.2) is 11.6 Å². The predicted molar refractivity (Wildman–Crippen MR) is 74.2 cm³/mol. The molecular weight excluding hydrogens is 292 g/mol. The van der Waals surface area contributed by atoms with Crippen LogP contribution in [0, 0.1) is 18.6 Å². The normalized spacial score (nSPS) is 21.4. The summed E-state index contributed by atoms with van der Waals surface area (Å²) in [7, 11) is 0. The summed E-state index contributed by atoms with van der Waals surface area (Å²) in [4.78, 5) is 14.1. The number of nitrogens with zero attached hydrogens (tertiary/aromatic N) is 1. The number of likely N-dealkylation sites (tertiary alicyclic amines) is 1. The molecule has 1 aromatic heterocycles. The van der Waals surface area contributed by atoms with E-state index in [2.05, 4.69) is 0 Å². The number of aliphatic hydroxyl groups excluding tert-OH is 1. The molecule has 0 spiro atoms. The number of carbonyl (C=O) groups is 1. The Bertz CT molecular complexity index is 713. The molecule has 1 aromatic carbocycles. The molecule has 1 saturated heterocycles. The summed E-state index contributed by atoms with van der Waals surface area (Å²) in [6.07, 6.45) is 1.00. The first-order valence-electron chi connectivity index (χ1n) is 6.95. The fourth-order valence-corrected chi connectivity index (χ4v) is 2.84. The van der Waals surface area contributed by atoms with Crippen molar-refractivity contribution < 1.29 is 23.1 Å². The van der Waals surface area contributed by atoms with E-state index in [-0.39, 0.29) is 18.9 Å². The highest BCUT2D eigenvalue weighted by Gasteiger charge is 2.36. The lowest BCUT2D eigenvalue weighted by molar-refractivity contribution is 0.0713. The quantitative estimate of drug-likeness (QED) is 0.928. The van der Waals surface area contributed by atoms with Gasteiger partial charge in [-0.2, -0.15) is 0 Å². The molecule has 6 heteroatoms. The van der Waals surface area contributed by atoms with Crippen LogP contribution in [0.1, 0.15) is 34.1 Å². The summed E-state index contributed by atoms with van der Waals surface area (Å²) in [6, 6.07) is 4.60. The van der Waals surface area contributed by atoms with E-state index in [1.54, 1.807) is 13.0 Å². The minimum atomic E-state index is -0.967. The molecule has 0 bridgehead atoms. The SMILES string of the molecule is Cc1occc1C(=O)N1CC(O)CC1c1ccc(F)c(F)c1. The van der Waals surface area contributed by atoms with Crippen LogP contribution in [0.5, 0.6) is 0 Å². The second-order valence-corrected chi connectivity index (χ2v) is 5.43. The third kappa shape index (κ3) is 2.50. The molecule has 1 aliphatic rings. The van der Waals surface area contributed by atoms with Crippen molar-refractivity contribution in [2.45, 2.75) is 25.5 Å². The lowest BCUT2D eigenvalue weighted by Gasteiger charge is -2.24. The highest BCUT2D eigenvalue weighted by Crippen LogP contribution is 2.34. The molecule has 1 N–H and O–H groups in total. The van der Waals surface area contributed by atoms with Gasteiger partial charge < -0.3 is 14.4 Å². The lowest BCUT2D eigenvalue weighted by Crippen LogP contribution is -2.32. The Hall–Kier alpha value is -2.21. The van der Waals surface area contributed by atoms with Gasteiger partial charge in [-0.25, -0.2) is 8.78 Å². The van der Waals surface area contributed by atoms with E-state index < -0.39 is 23.8 Å². The Morgan fingerprint density at radius 3 is 2.73 bits per heavy atom. The zero-order chi connectivity index (χ0) is 15.9. The molecule has 22 heavy (non-hydrogen) atoms. The van der Waals surface area contributed by atoms with Crippen molar-refractivity contribution in [2.24, 2.45) is 0 Å². The molecule has 1 fully saturated rings. The van der Waals surface area contributed by atoms with Crippen LogP contribution in [0.2, 0.25) is 0 Å². The molecule has 1 aliphatic heterocycles. The first-order chi connectivity index (χ1) is 10.5. The van der Waals surface area contributed by atoms with Gasteiger partial charge in [-0.3, -0.25) is 4.79 Å². The monoisotopic (exact) mass is 307 g/mol. The van der Waals surface area contributed by atoms with E-state index in [1.807, 2.05) is 0 Å². The molecule has 116 valence electrons. The predicted octanol–water partition coefficient (Wildman–Crippen LogP) is 2.81. The summed E-state index contributed by atoms with van der Waals surface area (Å²) in [6.45, 7) is 1.82. The summed E-state index contributed by atoms with van der Waals surface area (Å²) in [5.74, 6) is -1.72. The molecule has 0 saturated carbocycles. The average Bonchev–Trinajstić information content (AvgIpc) is 3.07. The summed E-state index contributed by atoms with van der Waals surface area (Å²) in [5.41, 5.74) is 0.867. The van der Waals surface area contributed by atoms with E-state index in [4.69, 9.17) is 4.42 Å². The van der Waals surface area contributed by atoms with Crippen molar-refractivity contribution in [1.29, 1.82) is 0 Å². The zero-order valence-corrected chi connectivity index (χ0v) is 11.9. The summed E-state index contributed by atoms with van der Waals surface area (Å²) >= 11 is 0. The van der Waals surface area contributed by atoms with Crippen LogP contribution in [0.3, 0.4) is 0 Å². The number of carbonyl (C=O) groups excluding carboxylic acids is 1. The van der Waals surface area contributed by atoms with Gasteiger partial charge in [-0.1, -0.05) is 6.07 Å². The van der Waals surface area contributed by atoms with Crippen LogP contribution in [0.15, 0.2) is 34.9 Å². The average molecular weight is 307 g/mol. The van der Waals surface area contributed by atoms with Gasteiger partial charge in [0.2, 0.25) is 0 Å². The molecule has 2 atom stereocenters. The molecule has 2 aromatic rings. The second-order valence-electron chi connectivity index (χ2n) is 5.43. The van der Waals surface area contributed by atoms with Crippen molar-refractivity contribution in [1.82, 2.24) is 4.90 Å². The van der Waals surface area contributed by atoms with Crippen LogP contribution in [0.4, 0.5) is 8.78 Å². The van der Waals surface area contributed by atoms with Gasteiger partial charge in [0.25, 0.3) is 5.91 Å². The van der Waals surface area contributed by atoms with E-state index in [0.29, 0.717) is 16.9 Å². The minimum Gasteiger partial charge on any atom is -0.469 e. The number of furan rings is 1. The third-order valence-electron chi connectivity index (χ3n) is 3.96. The Labute approximate surface area is 126 Å². The Kier molecular flexibility index (Phi) is 3.70. The highest BCUT2D eigenvalue weighted by molar-refractivity contribution is 5.95. The van der Waals surface area contributed by atoms with Crippen molar-refractivity contribution in [3.8, 4) is 0 Å². The Morgan fingerprint density at radius 2 is 2.09 bits per heavy atom. The second kappa shape index (κ2) is 5.53. The number of rotatable bonds is 2. The first kappa shape index (κ1) is 14.7. The van der Waals surface area contributed by atoms with Crippen molar-refractivity contribution >= 4 is 5.91 Å². The van der Waals surface area contributed by atoms with Gasteiger partial charge in [0.05, 0.1) is 24.0 Å². The number of hydrogen-bond donors (Lipinski definition) is 1. The fraction of sp³-hybridized carbons (Fsp3) is 0.312. The van der Waals surface area contributed by atoms with Gasteiger partial charge >= 0.3 is 0 Å². The van der Waals surface area contributed by atoms with Crippen molar-refractivity contribution in [3.63, 3.8) is 0 Å². The maximum atomic E-state index is 13.4. The van der Waals surface area contributed by atoms with E-state index in [9.17, 15) is 18.7 Å². The number of β-amino-alcohol motifs (C(OH)–C–C–N with tert-alkyl or cyclic N) is 1. The highest BCUT2D eigenvalue weighted by atomic mass is 19.2.